The molecule has 2 amide bonds. The number of aromatic nitrogens is 2. The summed E-state index contributed by atoms with van der Waals surface area (Å²) >= 11 is 0. The van der Waals surface area contributed by atoms with Crippen LogP contribution in [0.3, 0.4) is 0 Å². The zero-order chi connectivity index (χ0) is 27.4. The average molecular weight is 530 g/mol. The Morgan fingerprint density at radius 1 is 1.21 bits per heavy atom. The molecule has 0 spiro atoms. The lowest BCUT2D eigenvalue weighted by molar-refractivity contribution is -0.137. The monoisotopic (exact) mass is 529 g/mol. The number of ether oxygens (including phenoxy) is 1. The molecule has 3 heterocycles. The topological polar surface area (TPSA) is 108 Å². The molecule has 1 saturated heterocycles. The van der Waals surface area contributed by atoms with Gasteiger partial charge in [-0.3, -0.25) is 9.78 Å². The SMILES string of the molecule is Cc1ncc(NC(=O)c2cccc(C(F)(F)F)c2)cc1-c1ccnc(N2CCO[C@@H](CN(C)C(=O)O)C2)c1. The van der Waals surface area contributed by atoms with Gasteiger partial charge in [-0.2, -0.15) is 13.2 Å². The second-order valence-corrected chi connectivity index (χ2v) is 8.89. The number of carbonyl (C=O) groups excluding carboxylic acids is 1. The van der Waals surface area contributed by atoms with E-state index >= 15 is 0 Å². The van der Waals surface area contributed by atoms with Crippen molar-refractivity contribution in [1.82, 2.24) is 14.9 Å². The van der Waals surface area contributed by atoms with Crippen LogP contribution in [0.5, 0.6) is 0 Å². The summed E-state index contributed by atoms with van der Waals surface area (Å²) < 4.78 is 44.8. The van der Waals surface area contributed by atoms with Crippen LogP contribution in [-0.4, -0.2) is 71.4 Å². The van der Waals surface area contributed by atoms with Crippen molar-refractivity contribution < 1.29 is 32.6 Å². The van der Waals surface area contributed by atoms with Gasteiger partial charge >= 0.3 is 12.3 Å². The van der Waals surface area contributed by atoms with E-state index in [0.29, 0.717) is 42.5 Å². The number of nitrogens with one attached hydrogen (secondary N) is 1. The van der Waals surface area contributed by atoms with Crippen LogP contribution >= 0.6 is 0 Å². The number of halogens is 3. The number of aryl methyl sites for hydroxylation is 1. The summed E-state index contributed by atoms with van der Waals surface area (Å²) in [7, 11) is 1.48. The van der Waals surface area contributed by atoms with Crippen LogP contribution in [0.2, 0.25) is 0 Å². The van der Waals surface area contributed by atoms with E-state index in [4.69, 9.17) is 9.84 Å². The van der Waals surface area contributed by atoms with E-state index in [2.05, 4.69) is 15.3 Å². The van der Waals surface area contributed by atoms with Crippen LogP contribution in [0.25, 0.3) is 11.1 Å². The normalized spacial score (nSPS) is 15.7. The van der Waals surface area contributed by atoms with Crippen molar-refractivity contribution >= 4 is 23.5 Å². The quantitative estimate of drug-likeness (QED) is 0.483. The molecule has 2 aromatic heterocycles. The Hall–Kier alpha value is -4.19. The van der Waals surface area contributed by atoms with Gasteiger partial charge in [0.1, 0.15) is 5.82 Å². The smallest absolute Gasteiger partial charge is 0.416 e. The van der Waals surface area contributed by atoms with Crippen LogP contribution in [0.4, 0.5) is 29.5 Å². The van der Waals surface area contributed by atoms with E-state index < -0.39 is 23.7 Å². The van der Waals surface area contributed by atoms with E-state index in [1.54, 1.807) is 25.3 Å². The van der Waals surface area contributed by atoms with E-state index in [-0.39, 0.29) is 18.2 Å². The molecule has 2 N–H and O–H groups in total. The number of alkyl halides is 3. The molecule has 200 valence electrons. The van der Waals surface area contributed by atoms with Crippen LogP contribution in [0, 0.1) is 6.92 Å². The summed E-state index contributed by atoms with van der Waals surface area (Å²) in [6.07, 6.45) is -2.81. The molecule has 38 heavy (non-hydrogen) atoms. The molecule has 4 rings (SSSR count). The molecule has 1 aliphatic heterocycles. The van der Waals surface area contributed by atoms with Gasteiger partial charge in [-0.05, 0) is 48.9 Å². The van der Waals surface area contributed by atoms with Gasteiger partial charge in [0.25, 0.3) is 5.91 Å². The lowest BCUT2D eigenvalue weighted by Gasteiger charge is -2.35. The highest BCUT2D eigenvalue weighted by Crippen LogP contribution is 2.31. The summed E-state index contributed by atoms with van der Waals surface area (Å²) in [5.74, 6) is -0.0135. The van der Waals surface area contributed by atoms with Gasteiger partial charge in [0.2, 0.25) is 0 Å². The van der Waals surface area contributed by atoms with Crippen LogP contribution in [-0.2, 0) is 10.9 Å². The first-order chi connectivity index (χ1) is 18.0. The average Bonchev–Trinajstić information content (AvgIpc) is 2.89. The zero-order valence-corrected chi connectivity index (χ0v) is 20.7. The third-order valence-corrected chi connectivity index (χ3v) is 6.12. The molecular formula is C26H26F3N5O4. The maximum absolute atomic E-state index is 13.0. The van der Waals surface area contributed by atoms with Crippen molar-refractivity contribution in [2.24, 2.45) is 0 Å². The first-order valence-electron chi connectivity index (χ1n) is 11.7. The predicted molar refractivity (Wildman–Crippen MR) is 134 cm³/mol. The van der Waals surface area contributed by atoms with Crippen molar-refractivity contribution in [2.75, 3.05) is 43.5 Å². The summed E-state index contributed by atoms with van der Waals surface area (Å²) in [6, 6.07) is 9.57. The fourth-order valence-electron chi connectivity index (χ4n) is 4.11. The molecule has 3 aromatic rings. The number of rotatable bonds is 6. The van der Waals surface area contributed by atoms with Crippen LogP contribution in [0.1, 0.15) is 21.6 Å². The molecule has 0 radical (unpaired) electrons. The maximum Gasteiger partial charge on any atom is 0.416 e. The van der Waals surface area contributed by atoms with Crippen molar-refractivity contribution in [3.63, 3.8) is 0 Å². The summed E-state index contributed by atoms with van der Waals surface area (Å²) in [6.45, 7) is 3.48. The molecule has 12 heteroatoms. The van der Waals surface area contributed by atoms with Crippen LogP contribution in [0.15, 0.2) is 54.9 Å². The first-order valence-corrected chi connectivity index (χ1v) is 11.7. The number of benzene rings is 1. The summed E-state index contributed by atoms with van der Waals surface area (Å²) in [4.78, 5) is 35.8. The minimum absolute atomic E-state index is 0.122. The van der Waals surface area contributed by atoms with Gasteiger partial charge in [-0.15, -0.1) is 0 Å². The number of nitrogens with zero attached hydrogens (tertiary/aromatic N) is 4. The number of hydrogen-bond acceptors (Lipinski definition) is 6. The Balaban J connectivity index is 1.53. The number of likely N-dealkylation sites (N-methyl/N-ethyl adjacent to an activating group) is 1. The number of carboxylic acid groups (broad SMARTS) is 1. The molecule has 1 atom stereocenters. The van der Waals surface area contributed by atoms with E-state index in [0.717, 1.165) is 17.7 Å². The Morgan fingerprint density at radius 3 is 2.74 bits per heavy atom. The molecule has 1 aliphatic rings. The predicted octanol–water partition coefficient (Wildman–Crippen LogP) is 4.54. The molecule has 1 fully saturated rings. The number of hydrogen-bond donors (Lipinski definition) is 2. The minimum atomic E-state index is -4.55. The number of anilines is 2. The molecular weight excluding hydrogens is 503 g/mol. The Labute approximate surface area is 216 Å². The Morgan fingerprint density at radius 2 is 2.00 bits per heavy atom. The minimum Gasteiger partial charge on any atom is -0.465 e. The van der Waals surface area contributed by atoms with Gasteiger partial charge < -0.3 is 25.0 Å². The van der Waals surface area contributed by atoms with Gasteiger partial charge in [0.05, 0.1) is 36.7 Å². The Bertz CT molecular complexity index is 1330. The van der Waals surface area contributed by atoms with Crippen molar-refractivity contribution in [3.8, 4) is 11.1 Å². The number of pyridine rings is 2. The van der Waals surface area contributed by atoms with Crippen molar-refractivity contribution in [1.29, 1.82) is 0 Å². The Kier molecular flexibility index (Phi) is 7.81. The second-order valence-electron chi connectivity index (χ2n) is 8.89. The third kappa shape index (κ3) is 6.38. The van der Waals surface area contributed by atoms with E-state index in [1.165, 1.54) is 30.3 Å². The van der Waals surface area contributed by atoms with Crippen LogP contribution < -0.4 is 10.2 Å². The maximum atomic E-state index is 13.0. The third-order valence-electron chi connectivity index (χ3n) is 6.12. The fourth-order valence-corrected chi connectivity index (χ4v) is 4.11. The summed E-state index contributed by atoms with van der Waals surface area (Å²) in [5.41, 5.74) is 1.48. The highest BCUT2D eigenvalue weighted by molar-refractivity contribution is 6.04. The molecule has 0 unspecified atom stereocenters. The molecule has 0 saturated carbocycles. The van der Waals surface area contributed by atoms with Crippen molar-refractivity contribution in [3.05, 3.63) is 71.7 Å². The van der Waals surface area contributed by atoms with Gasteiger partial charge in [-0.1, -0.05) is 6.07 Å². The lowest BCUT2D eigenvalue weighted by Crippen LogP contribution is -2.48. The number of carbonyl (C=O) groups is 2. The standard InChI is InChI=1S/C26H26F3N5O4/c1-16-22(12-20(13-31-16)32-24(35)18-4-3-5-19(10-18)26(27,28)29)17-6-7-30-23(11-17)34-8-9-38-21(15-34)14-33(2)25(36)37/h3-7,10-13,21H,8-9,14-15H2,1-2H3,(H,32,35)(H,36,37)/t21-/m0/s1. The molecule has 0 aliphatic carbocycles. The fraction of sp³-hybridized carbons (Fsp3) is 0.308. The summed E-state index contributed by atoms with van der Waals surface area (Å²) in [5, 5.41) is 11.8. The lowest BCUT2D eigenvalue weighted by atomic mass is 10.0. The zero-order valence-electron chi connectivity index (χ0n) is 20.7. The van der Waals surface area contributed by atoms with Gasteiger partial charge in [0, 0.05) is 43.2 Å². The first kappa shape index (κ1) is 26.9. The number of morpholine rings is 1. The molecule has 1 aromatic carbocycles. The largest absolute Gasteiger partial charge is 0.465 e. The van der Waals surface area contributed by atoms with E-state index in [9.17, 15) is 22.8 Å². The number of amides is 2. The van der Waals surface area contributed by atoms with Gasteiger partial charge in [-0.25, -0.2) is 9.78 Å². The second kappa shape index (κ2) is 11.1. The van der Waals surface area contributed by atoms with E-state index in [1.807, 2.05) is 11.0 Å². The van der Waals surface area contributed by atoms with Crippen molar-refractivity contribution in [2.45, 2.75) is 19.2 Å². The highest BCUT2D eigenvalue weighted by Gasteiger charge is 2.31. The molecule has 9 nitrogen and oxygen atoms in total. The highest BCUT2D eigenvalue weighted by atomic mass is 19.4. The van der Waals surface area contributed by atoms with Gasteiger partial charge in [0.15, 0.2) is 0 Å². The molecule has 0 bridgehead atoms.